The van der Waals surface area contributed by atoms with E-state index in [0.717, 1.165) is 17.2 Å². The molecule has 1 N–H and O–H groups in total. The van der Waals surface area contributed by atoms with Gasteiger partial charge in [-0.25, -0.2) is 0 Å². The van der Waals surface area contributed by atoms with Gasteiger partial charge >= 0.3 is 0 Å². The van der Waals surface area contributed by atoms with Gasteiger partial charge in [0.05, 0.1) is 0 Å². The summed E-state index contributed by atoms with van der Waals surface area (Å²) in [7, 11) is 0. The van der Waals surface area contributed by atoms with E-state index in [4.69, 9.17) is 0 Å². The fraction of sp³-hybridized carbons (Fsp3) is 1.00. The predicted molar refractivity (Wildman–Crippen MR) is 78.7 cm³/mol. The summed E-state index contributed by atoms with van der Waals surface area (Å²) in [6.45, 7) is 12.0. The van der Waals surface area contributed by atoms with Crippen molar-refractivity contribution in [3.8, 4) is 0 Å². The first-order chi connectivity index (χ1) is 7.84. The molecule has 2 rings (SSSR count). The Balaban J connectivity index is 1.98. The van der Waals surface area contributed by atoms with Gasteiger partial charge in [-0.15, -0.1) is 0 Å². The van der Waals surface area contributed by atoms with Crippen LogP contribution in [0.25, 0.3) is 0 Å². The minimum absolute atomic E-state index is 0.346. The van der Waals surface area contributed by atoms with Crippen molar-refractivity contribution in [3.05, 3.63) is 0 Å². The van der Waals surface area contributed by atoms with Crippen molar-refractivity contribution in [3.63, 3.8) is 0 Å². The molecule has 1 saturated carbocycles. The summed E-state index contributed by atoms with van der Waals surface area (Å²) < 4.78 is 0. The van der Waals surface area contributed by atoms with E-state index in [1.54, 1.807) is 0 Å². The van der Waals surface area contributed by atoms with Crippen LogP contribution in [0.1, 0.15) is 60.3 Å². The molecular formula is C15H29NS. The smallest absolute Gasteiger partial charge is 0.0218 e. The zero-order valence-corrected chi connectivity index (χ0v) is 13.0. The van der Waals surface area contributed by atoms with Gasteiger partial charge in [0.1, 0.15) is 0 Å². The third-order valence-electron chi connectivity index (χ3n) is 5.04. The second-order valence-electron chi connectivity index (χ2n) is 7.34. The summed E-state index contributed by atoms with van der Waals surface area (Å²) in [5.41, 5.74) is 0.886. The maximum absolute atomic E-state index is 3.86. The van der Waals surface area contributed by atoms with Gasteiger partial charge < -0.3 is 5.32 Å². The first kappa shape index (κ1) is 13.7. The molecule has 0 aromatic heterocycles. The first-order valence-corrected chi connectivity index (χ1v) is 8.28. The minimum Gasteiger partial charge on any atom is -0.307 e. The molecule has 2 aliphatic rings. The van der Waals surface area contributed by atoms with E-state index in [-0.39, 0.29) is 0 Å². The Hall–Kier alpha value is 0.310. The Kier molecular flexibility index (Phi) is 3.85. The molecule has 0 radical (unpaired) electrons. The van der Waals surface area contributed by atoms with Crippen LogP contribution >= 0.6 is 11.8 Å². The van der Waals surface area contributed by atoms with Gasteiger partial charge in [0, 0.05) is 22.6 Å². The molecule has 1 nitrogen and oxygen atoms in total. The molecule has 2 heteroatoms. The highest BCUT2D eigenvalue weighted by Crippen LogP contribution is 2.45. The Bertz CT molecular complexity index is 272. The Morgan fingerprint density at radius 3 is 2.65 bits per heavy atom. The molecule has 0 aromatic carbocycles. The second-order valence-corrected chi connectivity index (χ2v) is 8.56. The summed E-state index contributed by atoms with van der Waals surface area (Å²) >= 11 is 2.22. The summed E-state index contributed by atoms with van der Waals surface area (Å²) in [6, 6.07) is 0.771. The zero-order valence-electron chi connectivity index (χ0n) is 12.2. The summed E-state index contributed by atoms with van der Waals surface area (Å²) in [5.74, 6) is 2.21. The van der Waals surface area contributed by atoms with Crippen molar-refractivity contribution in [1.29, 1.82) is 0 Å². The van der Waals surface area contributed by atoms with E-state index in [0.29, 0.717) is 11.0 Å². The monoisotopic (exact) mass is 255 g/mol. The Labute approximate surface area is 112 Å². The number of nitrogens with one attached hydrogen (secondary N) is 1. The molecule has 0 aromatic rings. The largest absolute Gasteiger partial charge is 0.307 e. The molecule has 0 amide bonds. The number of thioether (sulfide) groups is 1. The summed E-state index contributed by atoms with van der Waals surface area (Å²) in [4.78, 5) is 0. The van der Waals surface area contributed by atoms with Crippen molar-refractivity contribution in [1.82, 2.24) is 5.32 Å². The van der Waals surface area contributed by atoms with E-state index in [1.807, 2.05) is 0 Å². The van der Waals surface area contributed by atoms with Gasteiger partial charge in [0.15, 0.2) is 0 Å². The summed E-state index contributed by atoms with van der Waals surface area (Å²) in [6.07, 6.45) is 5.55. The van der Waals surface area contributed by atoms with Gasteiger partial charge in [-0.1, -0.05) is 27.2 Å². The standard InChI is InChI=1S/C15H29NS/c1-6-14(2,3)11-7-8-12-13(9-11)17-10-15(4,5)16-12/h11-13,16H,6-10H2,1-5H3. The summed E-state index contributed by atoms with van der Waals surface area (Å²) in [5, 5.41) is 4.73. The van der Waals surface area contributed by atoms with E-state index < -0.39 is 0 Å². The van der Waals surface area contributed by atoms with Crippen LogP contribution in [0.5, 0.6) is 0 Å². The molecule has 100 valence electrons. The average Bonchev–Trinajstić information content (AvgIpc) is 2.27. The van der Waals surface area contributed by atoms with E-state index >= 15 is 0 Å². The molecule has 0 bridgehead atoms. The number of hydrogen-bond acceptors (Lipinski definition) is 2. The minimum atomic E-state index is 0.346. The lowest BCUT2D eigenvalue weighted by atomic mass is 9.68. The molecule has 1 heterocycles. The third kappa shape index (κ3) is 3.01. The maximum Gasteiger partial charge on any atom is 0.0218 e. The SMILES string of the molecule is CCC(C)(C)C1CCC2NC(C)(C)CSC2C1. The van der Waals surface area contributed by atoms with Crippen molar-refractivity contribution < 1.29 is 0 Å². The van der Waals surface area contributed by atoms with Crippen molar-refractivity contribution in [2.75, 3.05) is 5.75 Å². The highest BCUT2D eigenvalue weighted by Gasteiger charge is 2.41. The van der Waals surface area contributed by atoms with Crippen molar-refractivity contribution in [2.45, 2.75) is 77.1 Å². The van der Waals surface area contributed by atoms with Crippen LogP contribution in [-0.4, -0.2) is 22.6 Å². The highest BCUT2D eigenvalue weighted by atomic mass is 32.2. The molecule has 1 saturated heterocycles. The Morgan fingerprint density at radius 1 is 1.29 bits per heavy atom. The van der Waals surface area contributed by atoms with E-state index in [1.165, 1.54) is 31.4 Å². The lowest BCUT2D eigenvalue weighted by molar-refractivity contribution is 0.131. The van der Waals surface area contributed by atoms with Crippen LogP contribution in [0.2, 0.25) is 0 Å². The van der Waals surface area contributed by atoms with E-state index in [9.17, 15) is 0 Å². The maximum atomic E-state index is 3.86. The number of hydrogen-bond donors (Lipinski definition) is 1. The topological polar surface area (TPSA) is 12.0 Å². The van der Waals surface area contributed by atoms with Crippen molar-refractivity contribution >= 4 is 11.8 Å². The fourth-order valence-corrected chi connectivity index (χ4v) is 4.85. The van der Waals surface area contributed by atoms with Crippen LogP contribution < -0.4 is 5.32 Å². The van der Waals surface area contributed by atoms with Gasteiger partial charge in [-0.05, 0) is 44.4 Å². The average molecular weight is 255 g/mol. The van der Waals surface area contributed by atoms with Crippen molar-refractivity contribution in [2.24, 2.45) is 11.3 Å². The zero-order chi connectivity index (χ0) is 12.7. The second kappa shape index (κ2) is 4.77. The molecule has 3 atom stereocenters. The molecule has 2 fully saturated rings. The normalized spacial score (nSPS) is 37.6. The van der Waals surface area contributed by atoms with Crippen LogP contribution in [0.3, 0.4) is 0 Å². The Morgan fingerprint density at radius 2 is 2.00 bits per heavy atom. The van der Waals surface area contributed by atoms with Crippen LogP contribution in [0.15, 0.2) is 0 Å². The molecule has 3 unspecified atom stereocenters. The molecule has 1 aliphatic heterocycles. The number of fused-ring (bicyclic) bond motifs is 1. The quantitative estimate of drug-likeness (QED) is 0.798. The number of rotatable bonds is 2. The van der Waals surface area contributed by atoms with Crippen LogP contribution in [0.4, 0.5) is 0 Å². The van der Waals surface area contributed by atoms with Gasteiger partial charge in [-0.2, -0.15) is 11.8 Å². The van der Waals surface area contributed by atoms with Gasteiger partial charge in [0.25, 0.3) is 0 Å². The van der Waals surface area contributed by atoms with Gasteiger partial charge in [0.2, 0.25) is 0 Å². The lowest BCUT2D eigenvalue weighted by Gasteiger charge is -2.49. The van der Waals surface area contributed by atoms with Gasteiger partial charge in [-0.3, -0.25) is 0 Å². The molecule has 17 heavy (non-hydrogen) atoms. The molecule has 1 aliphatic carbocycles. The highest BCUT2D eigenvalue weighted by molar-refractivity contribution is 8.00. The van der Waals surface area contributed by atoms with Crippen LogP contribution in [0, 0.1) is 11.3 Å². The first-order valence-electron chi connectivity index (χ1n) is 7.23. The molecule has 0 spiro atoms. The lowest BCUT2D eigenvalue weighted by Crippen LogP contribution is -2.58. The predicted octanol–water partition coefficient (Wildman–Crippen LogP) is 4.07. The van der Waals surface area contributed by atoms with E-state index in [2.05, 4.69) is 51.7 Å². The third-order valence-corrected chi connectivity index (χ3v) is 6.88. The molecular weight excluding hydrogens is 226 g/mol. The fourth-order valence-electron chi connectivity index (χ4n) is 3.34. The van der Waals surface area contributed by atoms with Crippen LogP contribution in [-0.2, 0) is 0 Å².